The van der Waals surface area contributed by atoms with Crippen molar-refractivity contribution in [3.05, 3.63) is 52.8 Å². The largest absolute Gasteiger partial charge is 0.339 e. The van der Waals surface area contributed by atoms with Gasteiger partial charge in [0.25, 0.3) is 5.91 Å². The fraction of sp³-hybridized carbons (Fsp3) is 0.375. The first kappa shape index (κ1) is 14.1. The van der Waals surface area contributed by atoms with E-state index in [1.807, 2.05) is 11.0 Å². The van der Waals surface area contributed by atoms with Crippen LogP contribution in [-0.2, 0) is 6.42 Å². The molecule has 1 aliphatic heterocycles. The number of aromatic nitrogens is 2. The van der Waals surface area contributed by atoms with Gasteiger partial charge in [0.2, 0.25) is 0 Å². The van der Waals surface area contributed by atoms with Crippen molar-refractivity contribution in [2.75, 3.05) is 13.1 Å². The van der Waals surface area contributed by atoms with E-state index in [0.717, 1.165) is 32.4 Å². The lowest BCUT2D eigenvalue weighted by Crippen LogP contribution is -2.38. The molecule has 1 amide bonds. The monoisotopic (exact) mass is 303 g/mol. The molecule has 1 aromatic carbocycles. The van der Waals surface area contributed by atoms with E-state index in [-0.39, 0.29) is 5.91 Å². The zero-order valence-electron chi connectivity index (χ0n) is 11.8. The molecule has 0 spiro atoms. The summed E-state index contributed by atoms with van der Waals surface area (Å²) in [4.78, 5) is 14.3. The number of rotatable bonds is 3. The van der Waals surface area contributed by atoms with Crippen molar-refractivity contribution in [1.82, 2.24) is 15.1 Å². The molecule has 5 heteroatoms. The third-order valence-corrected chi connectivity index (χ3v) is 4.31. The summed E-state index contributed by atoms with van der Waals surface area (Å²) < 4.78 is 0. The minimum absolute atomic E-state index is 0.103. The van der Waals surface area contributed by atoms with E-state index in [2.05, 4.69) is 10.2 Å². The van der Waals surface area contributed by atoms with Gasteiger partial charge < -0.3 is 4.90 Å². The predicted molar refractivity (Wildman–Crippen MR) is 82.4 cm³/mol. The highest BCUT2D eigenvalue weighted by Crippen LogP contribution is 2.22. The number of benzene rings is 1. The fourth-order valence-electron chi connectivity index (χ4n) is 2.82. The van der Waals surface area contributed by atoms with Gasteiger partial charge in [-0.15, -0.1) is 0 Å². The molecule has 0 saturated carbocycles. The van der Waals surface area contributed by atoms with Gasteiger partial charge in [-0.05, 0) is 55.5 Å². The van der Waals surface area contributed by atoms with Gasteiger partial charge in [0, 0.05) is 35.6 Å². The molecule has 0 aliphatic carbocycles. The standard InChI is InChI=1S/C16H18ClN3O/c17-14-3-1-13(2-4-14)16(21)20-9-6-12(7-10-20)11-15-5-8-18-19-15/h1-5,8,12H,6-7,9-11H2,(H,18,19). The van der Waals surface area contributed by atoms with Crippen LogP contribution in [0.15, 0.2) is 36.5 Å². The molecule has 1 saturated heterocycles. The third-order valence-electron chi connectivity index (χ3n) is 4.06. The fourth-order valence-corrected chi connectivity index (χ4v) is 2.95. The van der Waals surface area contributed by atoms with E-state index in [4.69, 9.17) is 11.6 Å². The van der Waals surface area contributed by atoms with Gasteiger partial charge in [-0.2, -0.15) is 5.10 Å². The van der Waals surface area contributed by atoms with Gasteiger partial charge in [-0.1, -0.05) is 11.6 Å². The first-order valence-electron chi connectivity index (χ1n) is 7.25. The molecule has 21 heavy (non-hydrogen) atoms. The van der Waals surface area contributed by atoms with Gasteiger partial charge in [-0.3, -0.25) is 9.89 Å². The Labute approximate surface area is 129 Å². The average Bonchev–Trinajstić information content (AvgIpc) is 3.01. The van der Waals surface area contributed by atoms with Gasteiger partial charge in [0.1, 0.15) is 0 Å². The van der Waals surface area contributed by atoms with Crippen molar-refractivity contribution in [2.45, 2.75) is 19.3 Å². The summed E-state index contributed by atoms with van der Waals surface area (Å²) in [5.74, 6) is 0.728. The SMILES string of the molecule is O=C(c1ccc(Cl)cc1)N1CCC(Cc2ccn[nH]2)CC1. The number of hydrogen-bond acceptors (Lipinski definition) is 2. The number of nitrogens with zero attached hydrogens (tertiary/aromatic N) is 2. The Morgan fingerprint density at radius 1 is 1.24 bits per heavy atom. The predicted octanol–water partition coefficient (Wildman–Crippen LogP) is 3.16. The minimum Gasteiger partial charge on any atom is -0.339 e. The molecule has 2 heterocycles. The van der Waals surface area contributed by atoms with Crippen LogP contribution >= 0.6 is 11.6 Å². The van der Waals surface area contributed by atoms with Crippen LogP contribution in [0.4, 0.5) is 0 Å². The number of likely N-dealkylation sites (tertiary alicyclic amines) is 1. The third kappa shape index (κ3) is 3.45. The summed E-state index contributed by atoms with van der Waals surface area (Å²) in [5, 5.41) is 7.64. The van der Waals surface area contributed by atoms with Crippen LogP contribution in [0.5, 0.6) is 0 Å². The maximum Gasteiger partial charge on any atom is 0.253 e. The quantitative estimate of drug-likeness (QED) is 0.947. The Kier molecular flexibility index (Phi) is 4.25. The molecule has 0 radical (unpaired) electrons. The Balaban J connectivity index is 1.55. The molecule has 0 bridgehead atoms. The number of halogens is 1. The number of amides is 1. The number of carbonyl (C=O) groups is 1. The van der Waals surface area contributed by atoms with Crippen molar-refractivity contribution in [3.63, 3.8) is 0 Å². The molecule has 2 aromatic rings. The number of nitrogens with one attached hydrogen (secondary N) is 1. The van der Waals surface area contributed by atoms with Crippen molar-refractivity contribution >= 4 is 17.5 Å². The smallest absolute Gasteiger partial charge is 0.253 e. The molecule has 3 rings (SSSR count). The lowest BCUT2D eigenvalue weighted by Gasteiger charge is -2.32. The van der Waals surface area contributed by atoms with Crippen LogP contribution < -0.4 is 0 Å². The summed E-state index contributed by atoms with van der Waals surface area (Å²) >= 11 is 5.86. The number of aromatic amines is 1. The van der Waals surface area contributed by atoms with E-state index >= 15 is 0 Å². The van der Waals surface area contributed by atoms with Crippen LogP contribution in [0.2, 0.25) is 5.02 Å². The number of hydrogen-bond donors (Lipinski definition) is 1. The second-order valence-electron chi connectivity index (χ2n) is 5.53. The number of piperidine rings is 1. The normalized spacial score (nSPS) is 16.1. The summed E-state index contributed by atoms with van der Waals surface area (Å²) in [7, 11) is 0. The molecule has 110 valence electrons. The van der Waals surface area contributed by atoms with Gasteiger partial charge in [0.05, 0.1) is 0 Å². The second kappa shape index (κ2) is 6.31. The molecular formula is C16H18ClN3O. The molecule has 4 nitrogen and oxygen atoms in total. The maximum atomic E-state index is 12.4. The van der Waals surface area contributed by atoms with E-state index in [0.29, 0.717) is 16.5 Å². The molecule has 1 aliphatic rings. The van der Waals surface area contributed by atoms with Gasteiger partial charge in [-0.25, -0.2) is 0 Å². The summed E-state index contributed by atoms with van der Waals surface area (Å²) in [6, 6.07) is 9.13. The van der Waals surface area contributed by atoms with E-state index in [1.54, 1.807) is 30.5 Å². The van der Waals surface area contributed by atoms with Crippen molar-refractivity contribution < 1.29 is 4.79 Å². The Morgan fingerprint density at radius 2 is 1.95 bits per heavy atom. The highest BCUT2D eigenvalue weighted by Gasteiger charge is 2.23. The lowest BCUT2D eigenvalue weighted by atomic mass is 9.92. The summed E-state index contributed by atoms with van der Waals surface area (Å²) in [6.45, 7) is 1.64. The second-order valence-corrected chi connectivity index (χ2v) is 5.96. The Morgan fingerprint density at radius 3 is 2.57 bits per heavy atom. The zero-order valence-corrected chi connectivity index (χ0v) is 12.5. The maximum absolute atomic E-state index is 12.4. The van der Waals surface area contributed by atoms with Crippen LogP contribution in [0.3, 0.4) is 0 Å². The van der Waals surface area contributed by atoms with Gasteiger partial charge in [0.15, 0.2) is 0 Å². The first-order chi connectivity index (χ1) is 10.2. The topological polar surface area (TPSA) is 49.0 Å². The summed E-state index contributed by atoms with van der Waals surface area (Å²) in [5.41, 5.74) is 1.89. The lowest BCUT2D eigenvalue weighted by molar-refractivity contribution is 0.0690. The van der Waals surface area contributed by atoms with Crippen LogP contribution in [-0.4, -0.2) is 34.1 Å². The van der Waals surface area contributed by atoms with E-state index in [9.17, 15) is 4.79 Å². The highest BCUT2D eigenvalue weighted by atomic mass is 35.5. The Hall–Kier alpha value is -1.81. The van der Waals surface area contributed by atoms with Crippen LogP contribution in [0.1, 0.15) is 28.9 Å². The van der Waals surface area contributed by atoms with Crippen LogP contribution in [0, 0.1) is 5.92 Å². The molecule has 1 N–H and O–H groups in total. The van der Waals surface area contributed by atoms with Crippen molar-refractivity contribution in [1.29, 1.82) is 0 Å². The van der Waals surface area contributed by atoms with Crippen molar-refractivity contribution in [2.24, 2.45) is 5.92 Å². The molecule has 1 aromatic heterocycles. The van der Waals surface area contributed by atoms with Crippen LogP contribution in [0.25, 0.3) is 0 Å². The molecular weight excluding hydrogens is 286 g/mol. The molecule has 0 atom stereocenters. The number of carbonyl (C=O) groups excluding carboxylic acids is 1. The van der Waals surface area contributed by atoms with Gasteiger partial charge >= 0.3 is 0 Å². The minimum atomic E-state index is 0.103. The Bertz CT molecular complexity index is 586. The van der Waals surface area contributed by atoms with E-state index < -0.39 is 0 Å². The van der Waals surface area contributed by atoms with E-state index in [1.165, 1.54) is 5.69 Å². The number of H-pyrrole nitrogens is 1. The van der Waals surface area contributed by atoms with Crippen molar-refractivity contribution in [3.8, 4) is 0 Å². The average molecular weight is 304 g/mol. The molecule has 0 unspecified atom stereocenters. The zero-order chi connectivity index (χ0) is 14.7. The first-order valence-corrected chi connectivity index (χ1v) is 7.63. The summed E-state index contributed by atoms with van der Waals surface area (Å²) in [6.07, 6.45) is 4.88. The highest BCUT2D eigenvalue weighted by molar-refractivity contribution is 6.30. The molecule has 1 fully saturated rings.